The molecule has 116 valence electrons. The Morgan fingerprint density at radius 2 is 1.90 bits per heavy atom. The molecule has 0 aliphatic heterocycles. The summed E-state index contributed by atoms with van der Waals surface area (Å²) < 4.78 is 0. The Bertz CT molecular complexity index is 474. The summed E-state index contributed by atoms with van der Waals surface area (Å²) >= 11 is 0. The minimum absolute atomic E-state index is 0.130. The smallest absolute Gasteiger partial charge is 0.253 e. The van der Waals surface area contributed by atoms with Gasteiger partial charge in [-0.3, -0.25) is 9.59 Å². The summed E-state index contributed by atoms with van der Waals surface area (Å²) in [5, 5.41) is 5.64. The summed E-state index contributed by atoms with van der Waals surface area (Å²) in [6, 6.07) is 7.02. The predicted molar refractivity (Wildman–Crippen MR) is 85.1 cm³/mol. The van der Waals surface area contributed by atoms with Crippen LogP contribution < -0.4 is 16.4 Å². The van der Waals surface area contributed by atoms with E-state index in [0.717, 1.165) is 19.3 Å². The highest BCUT2D eigenvalue weighted by molar-refractivity contribution is 6.04. The molecular formula is C16H25N3O2. The number of anilines is 1. The first kappa shape index (κ1) is 17.2. The number of nitrogens with one attached hydrogen (secondary N) is 2. The lowest BCUT2D eigenvalue weighted by molar-refractivity contribution is -0.119. The molecule has 0 aromatic heterocycles. The molecule has 5 heteroatoms. The van der Waals surface area contributed by atoms with E-state index in [1.165, 1.54) is 0 Å². The molecule has 0 aliphatic rings. The van der Waals surface area contributed by atoms with E-state index in [-0.39, 0.29) is 17.7 Å². The van der Waals surface area contributed by atoms with Crippen LogP contribution >= 0.6 is 0 Å². The number of amides is 2. The van der Waals surface area contributed by atoms with E-state index in [2.05, 4.69) is 10.6 Å². The summed E-state index contributed by atoms with van der Waals surface area (Å²) in [5.41, 5.74) is 6.65. The summed E-state index contributed by atoms with van der Waals surface area (Å²) in [6.45, 7) is 4.93. The van der Waals surface area contributed by atoms with Crippen LogP contribution in [0.4, 0.5) is 5.69 Å². The van der Waals surface area contributed by atoms with E-state index in [1.807, 2.05) is 13.8 Å². The number of hydrogen-bond donors (Lipinski definition) is 3. The summed E-state index contributed by atoms with van der Waals surface area (Å²) in [7, 11) is 0. The average Bonchev–Trinajstić information content (AvgIpc) is 2.50. The fraction of sp³-hybridized carbons (Fsp3) is 0.500. The molecular weight excluding hydrogens is 266 g/mol. The van der Waals surface area contributed by atoms with E-state index in [4.69, 9.17) is 5.73 Å². The molecule has 1 rings (SSSR count). The standard InChI is InChI=1S/C16H25N3O2/c1-3-7-12(11-17)15(20)19-14-9-6-5-8-13(14)16(21)18-10-4-2/h5-6,8-9,12H,3-4,7,10-11,17H2,1-2H3,(H,18,21)(H,19,20). The van der Waals surface area contributed by atoms with Gasteiger partial charge in [-0.05, 0) is 25.0 Å². The topological polar surface area (TPSA) is 84.2 Å². The Hall–Kier alpha value is -1.88. The quantitative estimate of drug-likeness (QED) is 0.686. The summed E-state index contributed by atoms with van der Waals surface area (Å²) in [5.74, 6) is -0.524. The van der Waals surface area contributed by atoms with E-state index in [9.17, 15) is 9.59 Å². The van der Waals surface area contributed by atoms with E-state index in [0.29, 0.717) is 24.3 Å². The minimum Gasteiger partial charge on any atom is -0.352 e. The van der Waals surface area contributed by atoms with Crippen LogP contribution in [0, 0.1) is 5.92 Å². The monoisotopic (exact) mass is 291 g/mol. The van der Waals surface area contributed by atoms with Crippen molar-refractivity contribution in [3.8, 4) is 0 Å². The van der Waals surface area contributed by atoms with Gasteiger partial charge in [-0.25, -0.2) is 0 Å². The van der Waals surface area contributed by atoms with Gasteiger partial charge in [0, 0.05) is 13.1 Å². The minimum atomic E-state index is -0.221. The second-order valence-electron chi connectivity index (χ2n) is 5.01. The lowest BCUT2D eigenvalue weighted by atomic mass is 10.0. The van der Waals surface area contributed by atoms with Crippen molar-refractivity contribution in [1.29, 1.82) is 0 Å². The van der Waals surface area contributed by atoms with Gasteiger partial charge in [-0.15, -0.1) is 0 Å². The highest BCUT2D eigenvalue weighted by Crippen LogP contribution is 2.17. The van der Waals surface area contributed by atoms with Crippen LogP contribution in [0.15, 0.2) is 24.3 Å². The van der Waals surface area contributed by atoms with Crippen molar-refractivity contribution < 1.29 is 9.59 Å². The van der Waals surface area contributed by atoms with Crippen LogP contribution in [0.5, 0.6) is 0 Å². The van der Waals surface area contributed by atoms with Crippen molar-refractivity contribution in [1.82, 2.24) is 5.32 Å². The summed E-state index contributed by atoms with van der Waals surface area (Å²) in [4.78, 5) is 24.3. The maximum Gasteiger partial charge on any atom is 0.253 e. The molecule has 0 aliphatic carbocycles. The molecule has 0 radical (unpaired) electrons. The van der Waals surface area contributed by atoms with E-state index in [1.54, 1.807) is 24.3 Å². The van der Waals surface area contributed by atoms with Crippen LogP contribution in [-0.2, 0) is 4.79 Å². The second-order valence-corrected chi connectivity index (χ2v) is 5.01. The molecule has 0 fully saturated rings. The zero-order chi connectivity index (χ0) is 15.7. The molecule has 0 bridgehead atoms. The van der Waals surface area contributed by atoms with Gasteiger partial charge in [-0.2, -0.15) is 0 Å². The molecule has 4 N–H and O–H groups in total. The van der Waals surface area contributed by atoms with E-state index < -0.39 is 0 Å². The first-order valence-electron chi connectivity index (χ1n) is 7.52. The fourth-order valence-electron chi connectivity index (χ4n) is 2.06. The number of nitrogens with two attached hydrogens (primary N) is 1. The molecule has 5 nitrogen and oxygen atoms in total. The van der Waals surface area contributed by atoms with Crippen molar-refractivity contribution in [2.75, 3.05) is 18.4 Å². The Morgan fingerprint density at radius 1 is 1.19 bits per heavy atom. The number of hydrogen-bond acceptors (Lipinski definition) is 3. The van der Waals surface area contributed by atoms with Crippen molar-refractivity contribution in [3.63, 3.8) is 0 Å². The Morgan fingerprint density at radius 3 is 2.52 bits per heavy atom. The third kappa shape index (κ3) is 5.19. The third-order valence-corrected chi connectivity index (χ3v) is 3.26. The van der Waals surface area contributed by atoms with Gasteiger partial charge in [0.2, 0.25) is 5.91 Å². The molecule has 1 atom stereocenters. The van der Waals surface area contributed by atoms with Gasteiger partial charge in [0.1, 0.15) is 0 Å². The second kappa shape index (κ2) is 9.13. The number of rotatable bonds is 8. The van der Waals surface area contributed by atoms with E-state index >= 15 is 0 Å². The normalized spacial score (nSPS) is 11.8. The Labute approximate surface area is 126 Å². The third-order valence-electron chi connectivity index (χ3n) is 3.26. The Kier molecular flexibility index (Phi) is 7.46. The Balaban J connectivity index is 2.83. The number of benzene rings is 1. The zero-order valence-electron chi connectivity index (χ0n) is 12.8. The van der Waals surface area contributed by atoms with Crippen LogP contribution in [0.1, 0.15) is 43.5 Å². The largest absolute Gasteiger partial charge is 0.352 e. The zero-order valence-corrected chi connectivity index (χ0v) is 12.8. The number of carbonyl (C=O) groups excluding carboxylic acids is 2. The molecule has 2 amide bonds. The first-order chi connectivity index (χ1) is 10.1. The molecule has 1 aromatic rings. The van der Waals surface area contributed by atoms with Gasteiger partial charge in [0.05, 0.1) is 17.2 Å². The maximum absolute atomic E-state index is 12.2. The van der Waals surface area contributed by atoms with Gasteiger partial charge < -0.3 is 16.4 Å². The molecule has 1 aromatic carbocycles. The first-order valence-corrected chi connectivity index (χ1v) is 7.52. The number of para-hydroxylation sites is 1. The highest BCUT2D eigenvalue weighted by atomic mass is 16.2. The van der Waals surface area contributed by atoms with Crippen molar-refractivity contribution in [3.05, 3.63) is 29.8 Å². The molecule has 21 heavy (non-hydrogen) atoms. The van der Waals surface area contributed by atoms with Gasteiger partial charge >= 0.3 is 0 Å². The van der Waals surface area contributed by atoms with Crippen LogP contribution in [0.3, 0.4) is 0 Å². The highest BCUT2D eigenvalue weighted by Gasteiger charge is 2.18. The molecule has 0 spiro atoms. The number of carbonyl (C=O) groups is 2. The lowest BCUT2D eigenvalue weighted by Gasteiger charge is -2.16. The van der Waals surface area contributed by atoms with Gasteiger partial charge in [0.25, 0.3) is 5.91 Å². The van der Waals surface area contributed by atoms with Crippen LogP contribution in [0.2, 0.25) is 0 Å². The molecule has 1 unspecified atom stereocenters. The van der Waals surface area contributed by atoms with Gasteiger partial charge in [0.15, 0.2) is 0 Å². The van der Waals surface area contributed by atoms with Crippen LogP contribution in [-0.4, -0.2) is 24.9 Å². The fourth-order valence-corrected chi connectivity index (χ4v) is 2.06. The maximum atomic E-state index is 12.2. The predicted octanol–water partition coefficient (Wildman–Crippen LogP) is 2.14. The van der Waals surface area contributed by atoms with Crippen molar-refractivity contribution >= 4 is 17.5 Å². The molecule has 0 saturated carbocycles. The SMILES string of the molecule is CCCNC(=O)c1ccccc1NC(=O)C(CN)CCC. The molecule has 0 saturated heterocycles. The van der Waals surface area contributed by atoms with Crippen molar-refractivity contribution in [2.24, 2.45) is 11.7 Å². The summed E-state index contributed by atoms with van der Waals surface area (Å²) in [6.07, 6.45) is 2.51. The van der Waals surface area contributed by atoms with Crippen molar-refractivity contribution in [2.45, 2.75) is 33.1 Å². The van der Waals surface area contributed by atoms with Gasteiger partial charge in [-0.1, -0.05) is 32.4 Å². The lowest BCUT2D eigenvalue weighted by Crippen LogP contribution is -2.31. The molecule has 0 heterocycles. The van der Waals surface area contributed by atoms with Crippen LogP contribution in [0.25, 0.3) is 0 Å². The average molecular weight is 291 g/mol.